The van der Waals surface area contributed by atoms with Gasteiger partial charge in [-0.2, -0.15) is 5.10 Å². The van der Waals surface area contributed by atoms with Crippen LogP contribution >= 0.6 is 11.6 Å². The zero-order valence-corrected chi connectivity index (χ0v) is 13.0. The molecule has 1 heterocycles. The lowest BCUT2D eigenvalue weighted by Gasteiger charge is -2.30. The number of aromatic nitrogens is 2. The fraction of sp³-hybridized carbons (Fsp3) is 0.786. The van der Waals surface area contributed by atoms with Crippen molar-refractivity contribution in [3.63, 3.8) is 0 Å². The van der Waals surface area contributed by atoms with Gasteiger partial charge in [-0.3, -0.25) is 4.68 Å². The average Bonchev–Trinajstić information content (AvgIpc) is 2.67. The number of halogens is 1. The summed E-state index contributed by atoms with van der Waals surface area (Å²) in [5, 5.41) is 8.63. The van der Waals surface area contributed by atoms with Crippen LogP contribution in [0.4, 0.5) is 0 Å². The predicted octanol–water partition coefficient (Wildman–Crippen LogP) is 2.55. The van der Waals surface area contributed by atoms with Crippen molar-refractivity contribution in [3.8, 4) is 0 Å². The van der Waals surface area contributed by atoms with E-state index in [0.717, 1.165) is 29.7 Å². The molecule has 1 aromatic rings. The topological polar surface area (TPSA) is 33.1 Å². The lowest BCUT2D eigenvalue weighted by molar-refractivity contribution is 0.259. The summed E-state index contributed by atoms with van der Waals surface area (Å²) >= 11 is 6.34. The first-order valence-electron chi connectivity index (χ1n) is 7.15. The molecule has 1 fully saturated rings. The van der Waals surface area contributed by atoms with Gasteiger partial charge in [0.15, 0.2) is 0 Å². The van der Waals surface area contributed by atoms with Crippen molar-refractivity contribution in [1.29, 1.82) is 0 Å². The molecule has 2 rings (SSSR count). The number of nitrogens with one attached hydrogen (secondary N) is 1. The Kier molecular flexibility index (Phi) is 5.25. The lowest BCUT2D eigenvalue weighted by atomic mass is 9.80. The van der Waals surface area contributed by atoms with Gasteiger partial charge in [0.25, 0.3) is 0 Å². The molecule has 1 aromatic heterocycles. The second-order valence-corrected chi connectivity index (χ2v) is 6.19. The third-order valence-electron chi connectivity index (χ3n) is 4.06. The second-order valence-electron chi connectivity index (χ2n) is 5.78. The minimum absolute atomic E-state index is 0.322. The molecule has 1 saturated carbocycles. The van der Waals surface area contributed by atoms with Crippen LogP contribution in [0.2, 0.25) is 5.02 Å². The van der Waals surface area contributed by atoms with Gasteiger partial charge in [0.05, 0.1) is 29.5 Å². The van der Waals surface area contributed by atoms with Crippen molar-refractivity contribution in [2.75, 3.05) is 27.7 Å². The van der Waals surface area contributed by atoms with Crippen LogP contribution in [0.5, 0.6) is 0 Å². The average molecular weight is 285 g/mol. The van der Waals surface area contributed by atoms with Crippen molar-refractivity contribution in [2.45, 2.75) is 38.3 Å². The van der Waals surface area contributed by atoms with E-state index in [9.17, 15) is 0 Å². The normalized spacial score (nSPS) is 17.7. The minimum atomic E-state index is 0.322. The van der Waals surface area contributed by atoms with Crippen molar-refractivity contribution in [2.24, 2.45) is 5.92 Å². The first-order chi connectivity index (χ1) is 9.11. The maximum atomic E-state index is 6.34. The molecule has 0 spiro atoms. The van der Waals surface area contributed by atoms with Crippen LogP contribution in [0.3, 0.4) is 0 Å². The Bertz CT molecular complexity index is 398. The standard InChI is InChI=1S/C14H25ClN4/c1-16-13(9-11-5-4-6-11)14-12(15)10-17-19(14)8-7-18(2)3/h10-11,13,16H,4-9H2,1-3H3. The molecule has 1 aliphatic carbocycles. The Morgan fingerprint density at radius 3 is 2.79 bits per heavy atom. The van der Waals surface area contributed by atoms with Gasteiger partial charge in [-0.25, -0.2) is 0 Å². The lowest BCUT2D eigenvalue weighted by Crippen LogP contribution is -2.27. The Balaban J connectivity index is 2.08. The Hall–Kier alpha value is -0.580. The Labute approximate surface area is 121 Å². The molecule has 0 aliphatic heterocycles. The first kappa shape index (κ1) is 14.8. The first-order valence-corrected chi connectivity index (χ1v) is 7.52. The van der Waals surface area contributed by atoms with E-state index in [2.05, 4.69) is 34.1 Å². The number of nitrogens with zero attached hydrogens (tertiary/aromatic N) is 3. The SMILES string of the molecule is CNC(CC1CCC1)c1c(Cl)cnn1CCN(C)C. The molecule has 108 valence electrons. The second kappa shape index (κ2) is 6.73. The van der Waals surface area contributed by atoms with Crippen molar-refractivity contribution < 1.29 is 0 Å². The highest BCUT2D eigenvalue weighted by atomic mass is 35.5. The summed E-state index contributed by atoms with van der Waals surface area (Å²) in [5.74, 6) is 0.853. The zero-order valence-electron chi connectivity index (χ0n) is 12.2. The van der Waals surface area contributed by atoms with Crippen LogP contribution in [0.1, 0.15) is 37.4 Å². The molecule has 0 saturated heterocycles. The van der Waals surface area contributed by atoms with E-state index < -0.39 is 0 Å². The monoisotopic (exact) mass is 284 g/mol. The summed E-state index contributed by atoms with van der Waals surface area (Å²) in [6.07, 6.45) is 7.06. The molecule has 1 N–H and O–H groups in total. The van der Waals surface area contributed by atoms with Gasteiger partial charge in [0.2, 0.25) is 0 Å². The molecular formula is C14H25ClN4. The number of hydrogen-bond donors (Lipinski definition) is 1. The van der Waals surface area contributed by atoms with Gasteiger partial charge in [-0.15, -0.1) is 0 Å². The molecular weight excluding hydrogens is 260 g/mol. The molecule has 4 nitrogen and oxygen atoms in total. The number of hydrogen-bond acceptors (Lipinski definition) is 3. The zero-order chi connectivity index (χ0) is 13.8. The summed E-state index contributed by atoms with van der Waals surface area (Å²) in [6.45, 7) is 1.86. The van der Waals surface area contributed by atoms with E-state index in [0.29, 0.717) is 6.04 Å². The highest BCUT2D eigenvalue weighted by molar-refractivity contribution is 6.31. The predicted molar refractivity (Wildman–Crippen MR) is 79.5 cm³/mol. The van der Waals surface area contributed by atoms with E-state index in [4.69, 9.17) is 11.6 Å². The molecule has 1 aliphatic rings. The summed E-state index contributed by atoms with van der Waals surface area (Å²) < 4.78 is 2.06. The molecule has 0 bridgehead atoms. The van der Waals surface area contributed by atoms with Gasteiger partial charge >= 0.3 is 0 Å². The van der Waals surface area contributed by atoms with Crippen molar-refractivity contribution >= 4 is 11.6 Å². The Morgan fingerprint density at radius 1 is 1.53 bits per heavy atom. The van der Waals surface area contributed by atoms with Gasteiger partial charge in [0, 0.05) is 6.54 Å². The van der Waals surface area contributed by atoms with E-state index >= 15 is 0 Å². The number of likely N-dealkylation sites (N-methyl/N-ethyl adjacent to an activating group) is 1. The summed E-state index contributed by atoms with van der Waals surface area (Å²) in [6, 6.07) is 0.322. The van der Waals surface area contributed by atoms with Gasteiger partial charge < -0.3 is 10.2 Å². The highest BCUT2D eigenvalue weighted by Crippen LogP contribution is 2.36. The smallest absolute Gasteiger partial charge is 0.0834 e. The fourth-order valence-electron chi connectivity index (χ4n) is 2.62. The van der Waals surface area contributed by atoms with Crippen LogP contribution in [0.15, 0.2) is 6.20 Å². The third kappa shape index (κ3) is 3.71. The van der Waals surface area contributed by atoms with E-state index in [1.54, 1.807) is 6.20 Å². The summed E-state index contributed by atoms with van der Waals surface area (Å²) in [7, 11) is 6.17. The fourth-order valence-corrected chi connectivity index (χ4v) is 2.89. The molecule has 1 atom stereocenters. The van der Waals surface area contributed by atoms with Crippen LogP contribution in [0.25, 0.3) is 0 Å². The Morgan fingerprint density at radius 2 is 2.26 bits per heavy atom. The quantitative estimate of drug-likeness (QED) is 0.835. The highest BCUT2D eigenvalue weighted by Gasteiger charge is 2.26. The molecule has 5 heteroatoms. The van der Waals surface area contributed by atoms with Gasteiger partial charge in [0.1, 0.15) is 0 Å². The minimum Gasteiger partial charge on any atom is -0.312 e. The van der Waals surface area contributed by atoms with Crippen LogP contribution in [-0.4, -0.2) is 42.4 Å². The maximum Gasteiger partial charge on any atom is 0.0834 e. The molecule has 19 heavy (non-hydrogen) atoms. The van der Waals surface area contributed by atoms with Gasteiger partial charge in [-0.1, -0.05) is 30.9 Å². The summed E-state index contributed by atoms with van der Waals surface area (Å²) in [5.41, 5.74) is 1.15. The summed E-state index contributed by atoms with van der Waals surface area (Å²) in [4.78, 5) is 2.17. The van der Waals surface area contributed by atoms with E-state index in [1.165, 1.54) is 25.7 Å². The van der Waals surface area contributed by atoms with Crippen LogP contribution in [0, 0.1) is 5.92 Å². The van der Waals surface area contributed by atoms with E-state index in [-0.39, 0.29) is 0 Å². The number of rotatable bonds is 7. The van der Waals surface area contributed by atoms with Crippen molar-refractivity contribution in [3.05, 3.63) is 16.9 Å². The third-order valence-corrected chi connectivity index (χ3v) is 4.36. The molecule has 0 amide bonds. The van der Waals surface area contributed by atoms with Gasteiger partial charge in [-0.05, 0) is 33.5 Å². The molecule has 1 unspecified atom stereocenters. The van der Waals surface area contributed by atoms with Crippen LogP contribution in [-0.2, 0) is 6.54 Å². The van der Waals surface area contributed by atoms with Crippen molar-refractivity contribution in [1.82, 2.24) is 20.0 Å². The maximum absolute atomic E-state index is 6.34. The van der Waals surface area contributed by atoms with E-state index in [1.807, 2.05) is 7.05 Å². The van der Waals surface area contributed by atoms with Crippen LogP contribution < -0.4 is 5.32 Å². The molecule has 0 aromatic carbocycles. The molecule has 0 radical (unpaired) electrons. The largest absolute Gasteiger partial charge is 0.312 e.